The number of nitrogens with zero attached hydrogens (tertiary/aromatic N) is 2. The van der Waals surface area contributed by atoms with Gasteiger partial charge in [-0.2, -0.15) is 0 Å². The second-order valence-electron chi connectivity index (χ2n) is 3.81. The third kappa shape index (κ3) is 5.89. The molecule has 1 atom stereocenters. The van der Waals surface area contributed by atoms with Gasteiger partial charge in [0.15, 0.2) is 0 Å². The number of rotatable bonds is 9. The van der Waals surface area contributed by atoms with Crippen molar-refractivity contribution in [1.29, 1.82) is 0 Å². The number of unbranched alkanes of at least 4 members (excludes halogenated alkanes) is 1. The lowest BCUT2D eigenvalue weighted by Gasteiger charge is -2.03. The molecule has 0 aliphatic heterocycles. The summed E-state index contributed by atoms with van der Waals surface area (Å²) in [5.41, 5.74) is 0. The first-order chi connectivity index (χ1) is 8.24. The molecule has 0 radical (unpaired) electrons. The fourth-order valence-corrected chi connectivity index (χ4v) is 1.27. The van der Waals surface area contributed by atoms with Crippen LogP contribution in [0.5, 0.6) is 0 Å². The second kappa shape index (κ2) is 8.31. The number of nitrogens with one attached hydrogen (secondary N) is 1. The number of hydrogen-bond acceptors (Lipinski definition) is 5. The molecule has 0 aliphatic rings. The minimum absolute atomic E-state index is 0.254. The van der Waals surface area contributed by atoms with Gasteiger partial charge in [-0.25, -0.2) is 0 Å². The van der Waals surface area contributed by atoms with Crippen LogP contribution in [0.15, 0.2) is 4.42 Å². The molecule has 1 N–H and O–H groups in total. The molecule has 6 heteroatoms. The predicted octanol–water partition coefficient (Wildman–Crippen LogP) is 2.99. The zero-order valence-corrected chi connectivity index (χ0v) is 11.2. The zero-order valence-electron chi connectivity index (χ0n) is 10.4. The highest BCUT2D eigenvalue weighted by atomic mass is 35.5. The molecule has 0 fully saturated rings. The van der Waals surface area contributed by atoms with Crippen molar-refractivity contribution in [3.05, 3.63) is 5.89 Å². The largest absolute Gasteiger partial charge is 0.407 e. The summed E-state index contributed by atoms with van der Waals surface area (Å²) in [7, 11) is 0. The Bertz CT molecular complexity index is 305. The first-order valence-corrected chi connectivity index (χ1v) is 6.46. The van der Waals surface area contributed by atoms with Crippen molar-refractivity contribution in [3.8, 4) is 0 Å². The fraction of sp³-hybridized carbons (Fsp3) is 0.818. The Morgan fingerprint density at radius 1 is 1.35 bits per heavy atom. The maximum atomic E-state index is 5.80. The van der Waals surface area contributed by atoms with Gasteiger partial charge in [0.2, 0.25) is 5.89 Å². The average molecular weight is 262 g/mol. The third-order valence-electron chi connectivity index (χ3n) is 2.16. The summed E-state index contributed by atoms with van der Waals surface area (Å²) in [6.45, 7) is 6.28. The van der Waals surface area contributed by atoms with E-state index in [2.05, 4.69) is 22.4 Å². The van der Waals surface area contributed by atoms with Crippen LogP contribution in [-0.2, 0) is 4.74 Å². The Morgan fingerprint density at radius 3 is 2.76 bits per heavy atom. The number of ether oxygens (including phenoxy) is 1. The van der Waals surface area contributed by atoms with Crippen molar-refractivity contribution in [2.24, 2.45) is 0 Å². The smallest absolute Gasteiger partial charge is 0.315 e. The fourth-order valence-electron chi connectivity index (χ4n) is 1.18. The molecule has 17 heavy (non-hydrogen) atoms. The summed E-state index contributed by atoms with van der Waals surface area (Å²) in [5, 5.41) is 10.4. The van der Waals surface area contributed by atoms with Crippen molar-refractivity contribution in [2.75, 3.05) is 25.1 Å². The van der Waals surface area contributed by atoms with Crippen LogP contribution in [0, 0.1) is 0 Å². The van der Waals surface area contributed by atoms with Crippen LogP contribution < -0.4 is 5.32 Å². The third-order valence-corrected chi connectivity index (χ3v) is 2.35. The van der Waals surface area contributed by atoms with Crippen LogP contribution >= 0.6 is 11.6 Å². The van der Waals surface area contributed by atoms with Crippen LogP contribution in [0.2, 0.25) is 0 Å². The van der Waals surface area contributed by atoms with E-state index in [0.717, 1.165) is 32.6 Å². The van der Waals surface area contributed by atoms with Crippen molar-refractivity contribution in [2.45, 2.75) is 38.5 Å². The molecule has 5 nitrogen and oxygen atoms in total. The monoisotopic (exact) mass is 261 g/mol. The molecule has 0 spiro atoms. The molecule has 1 aromatic heterocycles. The van der Waals surface area contributed by atoms with Gasteiger partial charge in [0.05, 0.1) is 0 Å². The van der Waals surface area contributed by atoms with Gasteiger partial charge in [-0.15, -0.1) is 16.7 Å². The molecular weight excluding hydrogens is 242 g/mol. The second-order valence-corrected chi connectivity index (χ2v) is 4.46. The van der Waals surface area contributed by atoms with Gasteiger partial charge in [0.25, 0.3) is 0 Å². The molecular formula is C11H20ClN3O2. The first kappa shape index (κ1) is 14.3. The van der Waals surface area contributed by atoms with Gasteiger partial charge in [-0.3, -0.25) is 0 Å². The number of halogens is 1. The van der Waals surface area contributed by atoms with Crippen LogP contribution in [-0.4, -0.2) is 30.0 Å². The quantitative estimate of drug-likeness (QED) is 0.547. The van der Waals surface area contributed by atoms with Gasteiger partial charge in [-0.1, -0.05) is 18.4 Å². The molecule has 0 saturated heterocycles. The lowest BCUT2D eigenvalue weighted by atomic mass is 10.4. The zero-order chi connectivity index (χ0) is 12.5. The molecule has 1 rings (SSSR count). The number of anilines is 1. The van der Waals surface area contributed by atoms with E-state index in [1.807, 2.05) is 0 Å². The summed E-state index contributed by atoms with van der Waals surface area (Å²) >= 11 is 5.80. The Balaban J connectivity index is 2.05. The van der Waals surface area contributed by atoms with Gasteiger partial charge < -0.3 is 14.5 Å². The van der Waals surface area contributed by atoms with Crippen LogP contribution in [0.25, 0.3) is 0 Å². The van der Waals surface area contributed by atoms with Crippen LogP contribution in [0.4, 0.5) is 6.01 Å². The highest BCUT2D eigenvalue weighted by molar-refractivity contribution is 6.20. The summed E-state index contributed by atoms with van der Waals surface area (Å²) in [6, 6.07) is 0.418. The maximum absolute atomic E-state index is 5.80. The van der Waals surface area contributed by atoms with Gasteiger partial charge >= 0.3 is 6.01 Å². The topological polar surface area (TPSA) is 60.2 Å². The lowest BCUT2D eigenvalue weighted by Crippen LogP contribution is -2.06. The van der Waals surface area contributed by atoms with Crippen LogP contribution in [0.1, 0.15) is 44.4 Å². The molecule has 1 unspecified atom stereocenters. The summed E-state index contributed by atoms with van der Waals surface area (Å²) < 4.78 is 10.7. The van der Waals surface area contributed by atoms with E-state index < -0.39 is 0 Å². The minimum Gasteiger partial charge on any atom is -0.407 e. The van der Waals surface area contributed by atoms with E-state index in [1.165, 1.54) is 6.42 Å². The van der Waals surface area contributed by atoms with E-state index in [0.29, 0.717) is 11.9 Å². The van der Waals surface area contributed by atoms with Crippen molar-refractivity contribution < 1.29 is 9.15 Å². The van der Waals surface area contributed by atoms with Gasteiger partial charge in [-0.05, 0) is 19.8 Å². The SMILES string of the molecule is CCCCOCCCNc1nnc(C(C)Cl)o1. The van der Waals surface area contributed by atoms with Gasteiger partial charge in [0.1, 0.15) is 5.38 Å². The molecule has 0 bridgehead atoms. The highest BCUT2D eigenvalue weighted by Gasteiger charge is 2.10. The van der Waals surface area contributed by atoms with E-state index in [4.69, 9.17) is 20.8 Å². The van der Waals surface area contributed by atoms with E-state index in [9.17, 15) is 0 Å². The number of alkyl halides is 1. The maximum Gasteiger partial charge on any atom is 0.315 e. The van der Waals surface area contributed by atoms with E-state index >= 15 is 0 Å². The van der Waals surface area contributed by atoms with E-state index in [1.54, 1.807) is 6.92 Å². The molecule has 98 valence electrons. The molecule has 0 aliphatic carbocycles. The number of hydrogen-bond donors (Lipinski definition) is 1. The Labute approximate surface area is 107 Å². The predicted molar refractivity (Wildman–Crippen MR) is 67.4 cm³/mol. The summed E-state index contributed by atoms with van der Waals surface area (Å²) in [5.74, 6) is 0.438. The molecule has 0 amide bonds. The molecule has 0 saturated carbocycles. The Hall–Kier alpha value is -0.810. The number of aromatic nitrogens is 2. The normalized spacial score (nSPS) is 12.6. The highest BCUT2D eigenvalue weighted by Crippen LogP contribution is 2.18. The molecule has 0 aromatic carbocycles. The molecule has 1 aromatic rings. The van der Waals surface area contributed by atoms with Gasteiger partial charge in [0, 0.05) is 19.8 Å². The first-order valence-electron chi connectivity index (χ1n) is 6.03. The Kier molecular flexibility index (Phi) is 6.96. The van der Waals surface area contributed by atoms with Crippen LogP contribution in [0.3, 0.4) is 0 Å². The van der Waals surface area contributed by atoms with Crippen molar-refractivity contribution in [3.63, 3.8) is 0 Å². The summed E-state index contributed by atoms with van der Waals surface area (Å²) in [6.07, 6.45) is 3.20. The van der Waals surface area contributed by atoms with Crippen molar-refractivity contribution in [1.82, 2.24) is 10.2 Å². The van der Waals surface area contributed by atoms with Crippen molar-refractivity contribution >= 4 is 17.6 Å². The lowest BCUT2D eigenvalue weighted by molar-refractivity contribution is 0.131. The standard InChI is InChI=1S/C11H20ClN3O2/c1-3-4-7-16-8-5-6-13-11-15-14-10(17-11)9(2)12/h9H,3-8H2,1-2H3,(H,13,15). The summed E-state index contributed by atoms with van der Waals surface area (Å²) in [4.78, 5) is 0. The minimum atomic E-state index is -0.254. The molecule has 1 heterocycles. The average Bonchev–Trinajstić information content (AvgIpc) is 2.77. The van der Waals surface area contributed by atoms with E-state index in [-0.39, 0.29) is 5.38 Å². The Morgan fingerprint density at radius 2 is 2.12 bits per heavy atom.